The van der Waals surface area contributed by atoms with E-state index in [0.29, 0.717) is 30.5 Å². The molecule has 1 aromatic heterocycles. The molecule has 3 heterocycles. The van der Waals surface area contributed by atoms with Crippen LogP contribution in [-0.4, -0.2) is 55.6 Å². The molecule has 2 aromatic carbocycles. The highest BCUT2D eigenvalue weighted by Crippen LogP contribution is 2.42. The van der Waals surface area contributed by atoms with Gasteiger partial charge in [0.15, 0.2) is 0 Å². The Kier molecular flexibility index (Phi) is 5.91. The Balaban J connectivity index is 1.66. The molecule has 0 radical (unpaired) electrons. The van der Waals surface area contributed by atoms with Gasteiger partial charge in [0.05, 0.1) is 25.5 Å². The normalized spacial score (nSPS) is 20.4. The van der Waals surface area contributed by atoms with Crippen LogP contribution < -0.4 is 15.0 Å². The van der Waals surface area contributed by atoms with Gasteiger partial charge in [0.2, 0.25) is 0 Å². The lowest BCUT2D eigenvalue weighted by molar-refractivity contribution is -0.00899. The summed E-state index contributed by atoms with van der Waals surface area (Å²) in [6, 6.07) is 10.7. The summed E-state index contributed by atoms with van der Waals surface area (Å²) >= 11 is 0. The second-order valence-corrected chi connectivity index (χ2v) is 8.67. The molecule has 0 spiro atoms. The van der Waals surface area contributed by atoms with E-state index in [1.54, 1.807) is 12.3 Å². The number of benzene rings is 2. The molecule has 2 N–H and O–H groups in total. The SMILES string of the molecule is COc1cc(F)cc(-c2cncc(-c3ccc(C)c(O)c3)c2N2CC[C@H]3NCCO[C@@H]3C2)c1. The standard InChI is InChI=1S/C26H28FN3O3/c1-16-3-4-17(11-24(16)31)21-13-28-14-22(18-9-19(27)12-20(10-18)32-2)26(21)30-7-5-23-25(15-30)33-8-6-29-23/h3-4,9-14,23,25,29,31H,5-8,15H2,1-2H3/t23-,25-/m1/s1. The minimum absolute atomic E-state index is 0.0785. The molecule has 2 saturated heterocycles. The van der Waals surface area contributed by atoms with Gasteiger partial charge in [0.25, 0.3) is 0 Å². The van der Waals surface area contributed by atoms with Crippen molar-refractivity contribution in [2.75, 3.05) is 38.3 Å². The number of hydrogen-bond donors (Lipinski definition) is 2. The molecule has 7 heteroatoms. The van der Waals surface area contributed by atoms with E-state index >= 15 is 0 Å². The highest BCUT2D eigenvalue weighted by molar-refractivity contribution is 5.91. The Morgan fingerprint density at radius 1 is 1.15 bits per heavy atom. The van der Waals surface area contributed by atoms with Crippen molar-refractivity contribution in [3.8, 4) is 33.8 Å². The fourth-order valence-corrected chi connectivity index (χ4v) is 4.81. The van der Waals surface area contributed by atoms with Crippen LogP contribution in [0.5, 0.6) is 11.5 Å². The Bertz CT molecular complexity index is 1170. The number of rotatable bonds is 4. The van der Waals surface area contributed by atoms with Crippen LogP contribution in [0.3, 0.4) is 0 Å². The van der Waals surface area contributed by atoms with E-state index in [9.17, 15) is 9.50 Å². The summed E-state index contributed by atoms with van der Waals surface area (Å²) < 4.78 is 25.8. The number of aromatic hydroxyl groups is 1. The first-order chi connectivity index (χ1) is 16.0. The Labute approximate surface area is 193 Å². The predicted octanol–water partition coefficient (Wildman–Crippen LogP) is 4.14. The summed E-state index contributed by atoms with van der Waals surface area (Å²) in [5.41, 5.74) is 5.00. The van der Waals surface area contributed by atoms with Gasteiger partial charge in [0, 0.05) is 55.3 Å². The minimum Gasteiger partial charge on any atom is -0.508 e. The first-order valence-corrected chi connectivity index (χ1v) is 11.3. The van der Waals surface area contributed by atoms with Crippen molar-refractivity contribution in [2.45, 2.75) is 25.5 Å². The molecule has 5 rings (SSSR count). The molecule has 0 unspecified atom stereocenters. The molecule has 172 valence electrons. The van der Waals surface area contributed by atoms with E-state index in [1.807, 2.05) is 31.3 Å². The van der Waals surface area contributed by atoms with Gasteiger partial charge in [-0.1, -0.05) is 12.1 Å². The van der Waals surface area contributed by atoms with E-state index in [-0.39, 0.29) is 17.7 Å². The summed E-state index contributed by atoms with van der Waals surface area (Å²) in [6.07, 6.45) is 4.60. The number of pyridine rings is 1. The van der Waals surface area contributed by atoms with Crippen molar-refractivity contribution in [1.29, 1.82) is 0 Å². The van der Waals surface area contributed by atoms with Gasteiger partial charge >= 0.3 is 0 Å². The second kappa shape index (κ2) is 9.00. The molecule has 2 aliphatic rings. The fourth-order valence-electron chi connectivity index (χ4n) is 4.81. The van der Waals surface area contributed by atoms with E-state index < -0.39 is 0 Å². The number of morpholine rings is 1. The quantitative estimate of drug-likeness (QED) is 0.624. The van der Waals surface area contributed by atoms with Crippen LogP contribution in [0.2, 0.25) is 0 Å². The number of nitrogens with zero attached hydrogens (tertiary/aromatic N) is 2. The third-order valence-electron chi connectivity index (χ3n) is 6.57. The van der Waals surface area contributed by atoms with Crippen molar-refractivity contribution < 1.29 is 19.0 Å². The number of hydrogen-bond acceptors (Lipinski definition) is 6. The molecule has 0 saturated carbocycles. The van der Waals surface area contributed by atoms with Gasteiger partial charge in [-0.3, -0.25) is 4.98 Å². The monoisotopic (exact) mass is 449 g/mol. The van der Waals surface area contributed by atoms with Crippen LogP contribution in [-0.2, 0) is 4.74 Å². The number of aryl methyl sites for hydroxylation is 1. The van der Waals surface area contributed by atoms with Gasteiger partial charge < -0.3 is 24.8 Å². The van der Waals surface area contributed by atoms with Crippen LogP contribution in [0.1, 0.15) is 12.0 Å². The van der Waals surface area contributed by atoms with Crippen molar-refractivity contribution in [1.82, 2.24) is 10.3 Å². The molecule has 0 aliphatic carbocycles. The van der Waals surface area contributed by atoms with Crippen molar-refractivity contribution in [2.24, 2.45) is 0 Å². The maximum Gasteiger partial charge on any atom is 0.127 e. The number of methoxy groups -OCH3 is 1. The highest BCUT2D eigenvalue weighted by Gasteiger charge is 2.34. The smallest absolute Gasteiger partial charge is 0.127 e. The summed E-state index contributed by atoms with van der Waals surface area (Å²) in [6.45, 7) is 4.97. The first kappa shape index (κ1) is 21.7. The van der Waals surface area contributed by atoms with Gasteiger partial charge in [-0.25, -0.2) is 4.39 Å². The number of ether oxygens (including phenoxy) is 2. The average molecular weight is 450 g/mol. The molecule has 3 aromatic rings. The zero-order valence-corrected chi connectivity index (χ0v) is 18.8. The van der Waals surface area contributed by atoms with Gasteiger partial charge in [-0.05, 0) is 48.2 Å². The molecule has 6 nitrogen and oxygen atoms in total. The zero-order chi connectivity index (χ0) is 22.9. The lowest BCUT2D eigenvalue weighted by Gasteiger charge is -2.43. The number of fused-ring (bicyclic) bond motifs is 1. The Morgan fingerprint density at radius 2 is 1.97 bits per heavy atom. The van der Waals surface area contributed by atoms with Crippen LogP contribution >= 0.6 is 0 Å². The lowest BCUT2D eigenvalue weighted by Crippen LogP contribution is -2.57. The number of nitrogens with one attached hydrogen (secondary N) is 1. The van der Waals surface area contributed by atoms with Crippen molar-refractivity contribution >= 4 is 5.69 Å². The maximum absolute atomic E-state index is 14.4. The highest BCUT2D eigenvalue weighted by atomic mass is 19.1. The Hall–Kier alpha value is -3.16. The molecule has 0 amide bonds. The topological polar surface area (TPSA) is 66.9 Å². The minimum atomic E-state index is -0.368. The maximum atomic E-state index is 14.4. The number of halogens is 1. The molecular weight excluding hydrogens is 421 g/mol. The van der Waals surface area contributed by atoms with E-state index in [1.165, 1.54) is 19.2 Å². The number of aromatic nitrogens is 1. The van der Waals surface area contributed by atoms with Gasteiger partial charge in [-0.15, -0.1) is 0 Å². The molecule has 2 aliphatic heterocycles. The largest absolute Gasteiger partial charge is 0.508 e. The zero-order valence-electron chi connectivity index (χ0n) is 18.8. The second-order valence-electron chi connectivity index (χ2n) is 8.67. The van der Waals surface area contributed by atoms with E-state index in [4.69, 9.17) is 9.47 Å². The van der Waals surface area contributed by atoms with E-state index in [2.05, 4.69) is 15.2 Å². The van der Waals surface area contributed by atoms with Crippen LogP contribution in [0.15, 0.2) is 48.8 Å². The number of piperidine rings is 1. The van der Waals surface area contributed by atoms with Crippen LogP contribution in [0.4, 0.5) is 10.1 Å². The van der Waals surface area contributed by atoms with Crippen molar-refractivity contribution in [3.63, 3.8) is 0 Å². The summed E-state index contributed by atoms with van der Waals surface area (Å²) in [5.74, 6) is 0.315. The van der Waals surface area contributed by atoms with Gasteiger partial charge in [-0.2, -0.15) is 0 Å². The number of anilines is 1. The Morgan fingerprint density at radius 3 is 2.76 bits per heavy atom. The van der Waals surface area contributed by atoms with E-state index in [0.717, 1.165) is 47.5 Å². The predicted molar refractivity (Wildman–Crippen MR) is 126 cm³/mol. The third kappa shape index (κ3) is 4.26. The summed E-state index contributed by atoms with van der Waals surface area (Å²) in [5, 5.41) is 13.9. The summed E-state index contributed by atoms with van der Waals surface area (Å²) in [7, 11) is 1.53. The van der Waals surface area contributed by atoms with Gasteiger partial charge in [0.1, 0.15) is 17.3 Å². The van der Waals surface area contributed by atoms with Crippen molar-refractivity contribution in [3.05, 3.63) is 60.2 Å². The molecule has 2 atom stereocenters. The van der Waals surface area contributed by atoms with Crippen LogP contribution in [0.25, 0.3) is 22.3 Å². The first-order valence-electron chi connectivity index (χ1n) is 11.3. The summed E-state index contributed by atoms with van der Waals surface area (Å²) in [4.78, 5) is 6.80. The number of phenols is 1. The average Bonchev–Trinajstić information content (AvgIpc) is 2.84. The molecule has 2 fully saturated rings. The molecule has 33 heavy (non-hydrogen) atoms. The van der Waals surface area contributed by atoms with Crippen LogP contribution in [0, 0.1) is 12.7 Å². The molecular formula is C26H28FN3O3. The molecule has 0 bridgehead atoms. The number of phenolic OH excluding ortho intramolecular Hbond substituents is 1. The third-order valence-corrected chi connectivity index (χ3v) is 6.57. The fraction of sp³-hybridized carbons (Fsp3) is 0.346. The lowest BCUT2D eigenvalue weighted by atomic mass is 9.93.